The molecule has 5 aliphatic rings. The second kappa shape index (κ2) is 12.9. The topological polar surface area (TPSA) is 118 Å². The quantitative estimate of drug-likeness (QED) is 0.165. The van der Waals surface area contributed by atoms with Crippen LogP contribution in [0.2, 0.25) is 10.0 Å². The van der Waals surface area contributed by atoms with E-state index in [0.717, 1.165) is 42.4 Å². The van der Waals surface area contributed by atoms with E-state index in [1.807, 2.05) is 17.9 Å². The van der Waals surface area contributed by atoms with Crippen molar-refractivity contribution in [2.45, 2.75) is 69.7 Å². The SMILES string of the molecule is COc1nccc(O[C@H]2C[C@H](c3cc4c(C)nc5c(F)c(-c6cccc(Cl)c6Cl)c(CCC#N)cc5c4n3[C@H]3[C@H]4CN[C@@H]3C4)N(C(=O)C3CC3)C2)n1. The summed E-state index contributed by atoms with van der Waals surface area (Å²) in [6.07, 6.45) is 5.17. The Bertz CT molecular complexity index is 2310. The molecule has 3 aliphatic heterocycles. The van der Waals surface area contributed by atoms with Gasteiger partial charge in [0.2, 0.25) is 11.8 Å². The van der Waals surface area contributed by atoms with Crippen LogP contribution in [0.4, 0.5) is 4.39 Å². The minimum atomic E-state index is -0.497. The number of likely N-dealkylation sites (tertiary alicyclic amines) is 1. The number of methoxy groups -OCH3 is 1. The van der Waals surface area contributed by atoms with Crippen LogP contribution in [0.3, 0.4) is 0 Å². The van der Waals surface area contributed by atoms with Crippen LogP contribution in [-0.2, 0) is 11.2 Å². The normalized spacial score (nSPS) is 23.6. The molecule has 10 rings (SSSR count). The van der Waals surface area contributed by atoms with Crippen LogP contribution in [0.5, 0.6) is 11.9 Å². The number of ether oxygens (including phenoxy) is 2. The van der Waals surface area contributed by atoms with E-state index in [4.69, 9.17) is 37.7 Å². The van der Waals surface area contributed by atoms with Crippen molar-refractivity contribution >= 4 is 50.9 Å². The van der Waals surface area contributed by atoms with Gasteiger partial charge in [-0.25, -0.2) is 14.4 Å². The number of hydrogen-bond acceptors (Lipinski definition) is 8. The highest BCUT2D eigenvalue weighted by molar-refractivity contribution is 6.43. The fourth-order valence-corrected chi connectivity index (χ4v) is 9.13. The van der Waals surface area contributed by atoms with Gasteiger partial charge in [0, 0.05) is 76.9 Å². The zero-order valence-electron chi connectivity index (χ0n) is 28.7. The number of carbonyl (C=O) groups excluding carboxylic acids is 1. The fourth-order valence-electron chi connectivity index (χ4n) is 8.73. The maximum Gasteiger partial charge on any atom is 0.319 e. The molecule has 2 saturated carbocycles. The molecule has 1 amide bonds. The lowest BCUT2D eigenvalue weighted by Gasteiger charge is -2.39. The van der Waals surface area contributed by atoms with Crippen molar-refractivity contribution in [3.63, 3.8) is 0 Å². The Kier molecular flexibility index (Phi) is 8.25. The maximum absolute atomic E-state index is 17.2. The van der Waals surface area contributed by atoms with E-state index in [9.17, 15) is 10.1 Å². The number of halogens is 3. The number of aromatic nitrogens is 4. The Morgan fingerprint density at radius 3 is 2.73 bits per heavy atom. The lowest BCUT2D eigenvalue weighted by molar-refractivity contribution is -0.133. The average molecular weight is 741 g/mol. The van der Waals surface area contributed by atoms with Crippen LogP contribution in [0.25, 0.3) is 32.9 Å². The van der Waals surface area contributed by atoms with Gasteiger partial charge in [0.15, 0.2) is 5.82 Å². The van der Waals surface area contributed by atoms with Gasteiger partial charge >= 0.3 is 6.01 Å². The Morgan fingerprint density at radius 1 is 1.15 bits per heavy atom. The number of nitriles is 1. The number of nitrogens with zero attached hydrogens (tertiary/aromatic N) is 6. The molecule has 2 bridgehead atoms. The van der Waals surface area contributed by atoms with E-state index < -0.39 is 5.82 Å². The van der Waals surface area contributed by atoms with E-state index in [0.29, 0.717) is 64.0 Å². The second-order valence-electron chi connectivity index (χ2n) is 14.4. The summed E-state index contributed by atoms with van der Waals surface area (Å²) >= 11 is 13.1. The van der Waals surface area contributed by atoms with Crippen molar-refractivity contribution in [1.82, 2.24) is 29.7 Å². The van der Waals surface area contributed by atoms with Crippen molar-refractivity contribution in [2.24, 2.45) is 11.8 Å². The molecule has 0 spiro atoms. The molecule has 5 atom stereocenters. The molecule has 3 saturated heterocycles. The van der Waals surface area contributed by atoms with Crippen LogP contribution in [-0.4, -0.2) is 62.7 Å². The van der Waals surface area contributed by atoms with Gasteiger partial charge in [-0.3, -0.25) is 4.79 Å². The van der Waals surface area contributed by atoms with Gasteiger partial charge in [-0.15, -0.1) is 0 Å². The van der Waals surface area contributed by atoms with Gasteiger partial charge in [0.25, 0.3) is 0 Å². The van der Waals surface area contributed by atoms with Crippen LogP contribution < -0.4 is 14.8 Å². The molecule has 0 radical (unpaired) electrons. The van der Waals surface area contributed by atoms with Crippen LogP contribution in [0.15, 0.2) is 42.6 Å². The van der Waals surface area contributed by atoms with E-state index in [2.05, 4.69) is 32.0 Å². The highest BCUT2D eigenvalue weighted by Crippen LogP contribution is 2.51. The summed E-state index contributed by atoms with van der Waals surface area (Å²) < 4.78 is 31.2. The van der Waals surface area contributed by atoms with Crippen molar-refractivity contribution in [2.75, 3.05) is 20.2 Å². The van der Waals surface area contributed by atoms with Crippen LogP contribution >= 0.6 is 23.2 Å². The van der Waals surface area contributed by atoms with Gasteiger partial charge in [0.1, 0.15) is 11.6 Å². The monoisotopic (exact) mass is 739 g/mol. The molecule has 13 heteroatoms. The number of aryl methyl sites for hydroxylation is 2. The number of fused-ring (bicyclic) bond motifs is 4. The molecule has 1 N–H and O–H groups in total. The lowest BCUT2D eigenvalue weighted by Crippen LogP contribution is -2.41. The molecule has 52 heavy (non-hydrogen) atoms. The number of pyridine rings is 1. The zero-order chi connectivity index (χ0) is 35.8. The summed E-state index contributed by atoms with van der Waals surface area (Å²) in [4.78, 5) is 29.4. The van der Waals surface area contributed by atoms with Gasteiger partial charge in [-0.05, 0) is 62.3 Å². The molecule has 2 aromatic carbocycles. The maximum atomic E-state index is 17.2. The first kappa shape index (κ1) is 33.3. The summed E-state index contributed by atoms with van der Waals surface area (Å²) in [5, 5.41) is 15.4. The Morgan fingerprint density at radius 2 is 2.00 bits per heavy atom. The third kappa shape index (κ3) is 5.37. The highest BCUT2D eigenvalue weighted by Gasteiger charge is 2.51. The van der Waals surface area contributed by atoms with Gasteiger partial charge < -0.3 is 24.3 Å². The number of rotatable bonds is 9. The third-order valence-corrected chi connectivity index (χ3v) is 12.1. The zero-order valence-corrected chi connectivity index (χ0v) is 30.2. The predicted octanol–water partition coefficient (Wildman–Crippen LogP) is 7.53. The molecule has 2 aliphatic carbocycles. The first-order valence-corrected chi connectivity index (χ1v) is 18.6. The van der Waals surface area contributed by atoms with Crippen LogP contribution in [0.1, 0.15) is 61.1 Å². The smallest absolute Gasteiger partial charge is 0.319 e. The van der Waals surface area contributed by atoms with Crippen LogP contribution in [0, 0.1) is 35.9 Å². The lowest BCUT2D eigenvalue weighted by atomic mass is 9.79. The number of amides is 1. The van der Waals surface area contributed by atoms with Crippen molar-refractivity contribution in [3.8, 4) is 29.1 Å². The van der Waals surface area contributed by atoms with Gasteiger partial charge in [-0.1, -0.05) is 35.3 Å². The molecule has 5 fully saturated rings. The largest absolute Gasteiger partial charge is 0.472 e. The molecular formula is C39H36Cl2FN7O3. The Labute approximate surface area is 309 Å². The molecule has 5 aromatic rings. The fraction of sp³-hybridized carbons (Fsp3) is 0.410. The molecule has 0 unspecified atom stereocenters. The predicted molar refractivity (Wildman–Crippen MR) is 195 cm³/mol. The minimum absolute atomic E-state index is 0.0116. The summed E-state index contributed by atoms with van der Waals surface area (Å²) in [7, 11) is 1.51. The standard InChI is InChI=1S/C39H36Cl2FN7O3/c1-19-25-16-30(29-15-23(18-48(29)38(50)20-8-9-20)52-31-10-12-44-39(47-31)51-2)49(36-22-14-28(36)45-17-22)37(25)26-13-21(5-4-11-43)32(34(42)35(26)46-19)24-6-3-7-27(40)33(24)41/h3,6-7,10,12-13,16,20,22-23,28-29,36,45H,4-5,8-9,14-15,17-18H2,1-2H3/t22-,23+,28-,29-,36+/m1/s1. The van der Waals surface area contributed by atoms with Crippen molar-refractivity contribution < 1.29 is 18.7 Å². The third-order valence-electron chi connectivity index (χ3n) is 11.3. The van der Waals surface area contributed by atoms with Crippen molar-refractivity contribution in [3.05, 3.63) is 75.4 Å². The number of benzene rings is 2. The van der Waals surface area contributed by atoms with Gasteiger partial charge in [-0.2, -0.15) is 10.2 Å². The first-order valence-electron chi connectivity index (χ1n) is 17.8. The summed E-state index contributed by atoms with van der Waals surface area (Å²) in [5.74, 6) is 0.432. The Balaban J connectivity index is 1.25. The molecule has 6 heterocycles. The molecule has 266 valence electrons. The summed E-state index contributed by atoms with van der Waals surface area (Å²) in [5.41, 5.74) is 4.25. The number of carbonyl (C=O) groups is 1. The van der Waals surface area contributed by atoms with E-state index in [1.165, 1.54) is 7.11 Å². The second-order valence-corrected chi connectivity index (χ2v) is 15.2. The summed E-state index contributed by atoms with van der Waals surface area (Å²) in [6, 6.07) is 13.5. The molecule has 10 nitrogen and oxygen atoms in total. The minimum Gasteiger partial charge on any atom is -0.472 e. The first-order chi connectivity index (χ1) is 25.2. The average Bonchev–Trinajstić information content (AvgIpc) is 3.43. The summed E-state index contributed by atoms with van der Waals surface area (Å²) in [6.45, 7) is 3.22. The molecular weight excluding hydrogens is 704 g/mol. The number of hydrogen-bond donors (Lipinski definition) is 1. The van der Waals surface area contributed by atoms with E-state index in [1.54, 1.807) is 30.5 Å². The van der Waals surface area contributed by atoms with E-state index >= 15 is 4.39 Å². The molecule has 3 aromatic heterocycles. The van der Waals surface area contributed by atoms with Crippen molar-refractivity contribution in [1.29, 1.82) is 5.26 Å². The number of nitrogens with one attached hydrogen (secondary N) is 1. The van der Waals surface area contributed by atoms with Gasteiger partial charge in [0.05, 0.1) is 47.4 Å². The highest BCUT2D eigenvalue weighted by atomic mass is 35.5. The Hall–Kier alpha value is -4.50. The van der Waals surface area contributed by atoms with E-state index in [-0.39, 0.29) is 59.0 Å².